The quantitative estimate of drug-likeness (QED) is 0.754. The van der Waals surface area contributed by atoms with Gasteiger partial charge in [0.25, 0.3) is 0 Å². The van der Waals surface area contributed by atoms with Crippen LogP contribution in [-0.4, -0.2) is 23.6 Å². The van der Waals surface area contributed by atoms with Gasteiger partial charge in [0.2, 0.25) is 0 Å². The molecule has 22 heavy (non-hydrogen) atoms. The first-order chi connectivity index (χ1) is 10.7. The third-order valence-corrected chi connectivity index (χ3v) is 4.07. The zero-order valence-electron chi connectivity index (χ0n) is 12.9. The molecular formula is C17H20ClN3O. The minimum atomic E-state index is 0.497. The first kappa shape index (κ1) is 15.1. The summed E-state index contributed by atoms with van der Waals surface area (Å²) < 4.78 is 5.20. The second kappa shape index (κ2) is 6.53. The van der Waals surface area contributed by atoms with Crippen molar-refractivity contribution in [2.45, 2.75) is 32.2 Å². The summed E-state index contributed by atoms with van der Waals surface area (Å²) in [5.74, 6) is 3.15. The van der Waals surface area contributed by atoms with Gasteiger partial charge < -0.3 is 9.64 Å². The molecule has 0 aliphatic heterocycles. The highest BCUT2D eigenvalue weighted by Crippen LogP contribution is 2.39. The van der Waals surface area contributed by atoms with E-state index in [1.54, 1.807) is 7.11 Å². The summed E-state index contributed by atoms with van der Waals surface area (Å²) in [6.07, 6.45) is 2.34. The number of methoxy groups -OCH3 is 1. The molecule has 5 heteroatoms. The molecule has 0 spiro atoms. The lowest BCUT2D eigenvalue weighted by Gasteiger charge is -2.22. The van der Waals surface area contributed by atoms with Crippen LogP contribution in [0.2, 0.25) is 5.15 Å². The largest absolute Gasteiger partial charge is 0.497 e. The number of rotatable bonds is 6. The number of halogens is 1. The fourth-order valence-electron chi connectivity index (χ4n) is 2.42. The van der Waals surface area contributed by atoms with Gasteiger partial charge in [-0.25, -0.2) is 9.97 Å². The van der Waals surface area contributed by atoms with E-state index < -0.39 is 0 Å². The molecule has 4 nitrogen and oxygen atoms in total. The molecule has 116 valence electrons. The van der Waals surface area contributed by atoms with E-state index in [-0.39, 0.29) is 0 Å². The standard InChI is InChI=1S/C17H20ClN3O/c1-3-21(11-12-4-8-14(22-2)9-5-12)16-10-15(18)19-17(20-16)13-6-7-13/h4-5,8-10,13H,3,6-7,11H2,1-2H3. The van der Waals surface area contributed by atoms with Gasteiger partial charge in [-0.15, -0.1) is 0 Å². The van der Waals surface area contributed by atoms with Crippen molar-refractivity contribution in [1.82, 2.24) is 9.97 Å². The molecule has 1 aliphatic rings. The molecule has 0 radical (unpaired) electrons. The summed E-state index contributed by atoms with van der Waals surface area (Å²) in [5.41, 5.74) is 1.21. The minimum absolute atomic E-state index is 0.497. The first-order valence-corrected chi connectivity index (χ1v) is 7.99. The Labute approximate surface area is 136 Å². The van der Waals surface area contributed by atoms with Gasteiger partial charge in [0, 0.05) is 25.1 Å². The fourth-order valence-corrected chi connectivity index (χ4v) is 2.60. The Kier molecular flexibility index (Phi) is 4.48. The molecule has 1 aromatic carbocycles. The average Bonchev–Trinajstić information content (AvgIpc) is 3.37. The van der Waals surface area contributed by atoms with Crippen LogP contribution in [0, 0.1) is 0 Å². The molecule has 0 saturated heterocycles. The summed E-state index contributed by atoms with van der Waals surface area (Å²) in [4.78, 5) is 11.3. The van der Waals surface area contributed by atoms with Crippen molar-refractivity contribution >= 4 is 17.4 Å². The van der Waals surface area contributed by atoms with Crippen molar-refractivity contribution in [3.8, 4) is 5.75 Å². The second-order valence-corrected chi connectivity index (χ2v) is 5.93. The number of anilines is 1. The minimum Gasteiger partial charge on any atom is -0.497 e. The van der Waals surface area contributed by atoms with E-state index in [9.17, 15) is 0 Å². The maximum Gasteiger partial charge on any atom is 0.135 e. The Morgan fingerprint density at radius 1 is 1.23 bits per heavy atom. The lowest BCUT2D eigenvalue weighted by atomic mass is 10.2. The number of benzene rings is 1. The van der Waals surface area contributed by atoms with Crippen molar-refractivity contribution in [2.24, 2.45) is 0 Å². The Hall–Kier alpha value is -1.81. The molecule has 0 amide bonds. The van der Waals surface area contributed by atoms with Crippen LogP contribution < -0.4 is 9.64 Å². The molecule has 1 saturated carbocycles. The van der Waals surface area contributed by atoms with Crippen LogP contribution in [0.3, 0.4) is 0 Å². The van der Waals surface area contributed by atoms with Crippen LogP contribution in [-0.2, 0) is 6.54 Å². The van der Waals surface area contributed by atoms with E-state index in [2.05, 4.69) is 28.9 Å². The molecule has 1 aliphatic carbocycles. The van der Waals surface area contributed by atoms with Crippen LogP contribution >= 0.6 is 11.6 Å². The van der Waals surface area contributed by atoms with Crippen molar-refractivity contribution in [1.29, 1.82) is 0 Å². The van der Waals surface area contributed by atoms with E-state index in [0.29, 0.717) is 11.1 Å². The highest BCUT2D eigenvalue weighted by Gasteiger charge is 2.27. The highest BCUT2D eigenvalue weighted by molar-refractivity contribution is 6.29. The molecular weight excluding hydrogens is 298 g/mol. The number of hydrogen-bond donors (Lipinski definition) is 0. The van der Waals surface area contributed by atoms with Gasteiger partial charge in [0.1, 0.15) is 22.5 Å². The third kappa shape index (κ3) is 3.50. The van der Waals surface area contributed by atoms with Crippen molar-refractivity contribution in [3.05, 3.63) is 46.9 Å². The van der Waals surface area contributed by atoms with Crippen LogP contribution in [0.5, 0.6) is 5.75 Å². The van der Waals surface area contributed by atoms with Crippen LogP contribution in [0.4, 0.5) is 5.82 Å². The Bertz CT molecular complexity index is 641. The fraction of sp³-hybridized carbons (Fsp3) is 0.412. The monoisotopic (exact) mass is 317 g/mol. The van der Waals surface area contributed by atoms with E-state index in [1.807, 2.05) is 18.2 Å². The number of ether oxygens (including phenoxy) is 1. The molecule has 0 bridgehead atoms. The van der Waals surface area contributed by atoms with E-state index in [4.69, 9.17) is 21.3 Å². The lowest BCUT2D eigenvalue weighted by Crippen LogP contribution is -2.23. The first-order valence-electron chi connectivity index (χ1n) is 7.62. The van der Waals surface area contributed by atoms with Gasteiger partial charge in [-0.3, -0.25) is 0 Å². The van der Waals surface area contributed by atoms with Crippen molar-refractivity contribution in [3.63, 3.8) is 0 Å². The zero-order chi connectivity index (χ0) is 15.5. The normalized spacial score (nSPS) is 14.0. The number of nitrogens with zero attached hydrogens (tertiary/aromatic N) is 3. The highest BCUT2D eigenvalue weighted by atomic mass is 35.5. The molecule has 0 unspecified atom stereocenters. The maximum absolute atomic E-state index is 6.17. The van der Waals surface area contributed by atoms with Crippen LogP contribution in [0.1, 0.15) is 37.1 Å². The van der Waals surface area contributed by atoms with Gasteiger partial charge >= 0.3 is 0 Å². The van der Waals surface area contributed by atoms with Gasteiger partial charge in [-0.2, -0.15) is 0 Å². The second-order valence-electron chi connectivity index (χ2n) is 5.54. The molecule has 1 heterocycles. The van der Waals surface area contributed by atoms with E-state index in [0.717, 1.165) is 30.5 Å². The molecule has 3 rings (SSSR count). The Balaban J connectivity index is 1.80. The molecule has 1 aromatic heterocycles. The summed E-state index contributed by atoms with van der Waals surface area (Å²) in [6, 6.07) is 9.95. The Morgan fingerprint density at radius 2 is 1.95 bits per heavy atom. The number of aromatic nitrogens is 2. The molecule has 0 atom stereocenters. The predicted molar refractivity (Wildman–Crippen MR) is 88.7 cm³/mol. The smallest absolute Gasteiger partial charge is 0.135 e. The van der Waals surface area contributed by atoms with E-state index in [1.165, 1.54) is 18.4 Å². The van der Waals surface area contributed by atoms with E-state index >= 15 is 0 Å². The van der Waals surface area contributed by atoms with Gasteiger partial charge in [-0.05, 0) is 37.5 Å². The molecule has 2 aromatic rings. The van der Waals surface area contributed by atoms with Crippen molar-refractivity contribution < 1.29 is 4.74 Å². The lowest BCUT2D eigenvalue weighted by molar-refractivity contribution is 0.414. The summed E-state index contributed by atoms with van der Waals surface area (Å²) in [5, 5.41) is 0.528. The van der Waals surface area contributed by atoms with Crippen LogP contribution in [0.25, 0.3) is 0 Å². The topological polar surface area (TPSA) is 38.2 Å². The summed E-state index contributed by atoms with van der Waals surface area (Å²) in [7, 11) is 1.68. The summed E-state index contributed by atoms with van der Waals surface area (Å²) in [6.45, 7) is 3.78. The van der Waals surface area contributed by atoms with Gasteiger partial charge in [-0.1, -0.05) is 23.7 Å². The third-order valence-electron chi connectivity index (χ3n) is 3.88. The SMILES string of the molecule is CCN(Cc1ccc(OC)cc1)c1cc(Cl)nc(C2CC2)n1. The summed E-state index contributed by atoms with van der Waals surface area (Å²) >= 11 is 6.17. The number of hydrogen-bond acceptors (Lipinski definition) is 4. The van der Waals surface area contributed by atoms with Crippen molar-refractivity contribution in [2.75, 3.05) is 18.6 Å². The Morgan fingerprint density at radius 3 is 2.55 bits per heavy atom. The van der Waals surface area contributed by atoms with Gasteiger partial charge in [0.15, 0.2) is 0 Å². The average molecular weight is 318 g/mol. The predicted octanol–water partition coefficient (Wildman–Crippen LogP) is 4.04. The molecule has 1 fully saturated rings. The van der Waals surface area contributed by atoms with Crippen LogP contribution in [0.15, 0.2) is 30.3 Å². The maximum atomic E-state index is 6.17. The zero-order valence-corrected chi connectivity index (χ0v) is 13.7. The van der Waals surface area contributed by atoms with Gasteiger partial charge in [0.05, 0.1) is 7.11 Å². The molecule has 0 N–H and O–H groups in total.